The van der Waals surface area contributed by atoms with E-state index in [1.165, 1.54) is 5.56 Å². The lowest BCUT2D eigenvalue weighted by atomic mass is 9.96. The quantitative estimate of drug-likeness (QED) is 0.713. The Hall–Kier alpha value is -2.86. The van der Waals surface area contributed by atoms with Gasteiger partial charge in [-0.05, 0) is 49.6 Å². The third-order valence-corrected chi connectivity index (χ3v) is 4.64. The number of pyridine rings is 2. The zero-order chi connectivity index (χ0) is 18.5. The summed E-state index contributed by atoms with van der Waals surface area (Å²) in [4.78, 5) is 11.4. The molecule has 0 amide bonds. The second-order valence-corrected chi connectivity index (χ2v) is 6.33. The number of aryl methyl sites for hydroxylation is 1. The number of aromatic nitrogens is 2. The highest BCUT2D eigenvalue weighted by atomic mass is 15.3. The molecule has 1 aliphatic rings. The van der Waals surface area contributed by atoms with E-state index in [4.69, 9.17) is 10.7 Å². The van der Waals surface area contributed by atoms with Crippen molar-refractivity contribution in [2.45, 2.75) is 25.3 Å². The first-order valence-electron chi connectivity index (χ1n) is 8.87. The molecular weight excluding hydrogens is 324 g/mol. The standard InChI is InChI=1S/C20H26N6/c1-14(22-3)18-10-8-16-7-9-17(11-12-21)26(20(16)25-18)15(2)24-19-6-4-5-13-23-19/h4-6,8,10,13,17,22H,1-2,7,9,11-12,21H2,3H3,(H,23,24)/t17-/m1/s1. The van der Waals surface area contributed by atoms with E-state index in [2.05, 4.69) is 39.7 Å². The van der Waals surface area contributed by atoms with Crippen LogP contribution in [0.1, 0.15) is 24.1 Å². The van der Waals surface area contributed by atoms with Gasteiger partial charge in [0, 0.05) is 19.3 Å². The molecule has 26 heavy (non-hydrogen) atoms. The van der Waals surface area contributed by atoms with Crippen molar-refractivity contribution >= 4 is 17.3 Å². The van der Waals surface area contributed by atoms with Gasteiger partial charge in [-0.2, -0.15) is 0 Å². The second kappa shape index (κ2) is 8.01. The first-order chi connectivity index (χ1) is 12.6. The molecule has 0 saturated carbocycles. The number of anilines is 2. The number of nitrogens with one attached hydrogen (secondary N) is 2. The summed E-state index contributed by atoms with van der Waals surface area (Å²) in [6.45, 7) is 8.90. The van der Waals surface area contributed by atoms with Crippen LogP contribution in [0.25, 0.3) is 5.70 Å². The Kier molecular flexibility index (Phi) is 5.53. The van der Waals surface area contributed by atoms with Gasteiger partial charge in [0.25, 0.3) is 0 Å². The van der Waals surface area contributed by atoms with Gasteiger partial charge in [0.2, 0.25) is 0 Å². The Morgan fingerprint density at radius 1 is 1.31 bits per heavy atom. The lowest BCUT2D eigenvalue weighted by Crippen LogP contribution is -2.42. The van der Waals surface area contributed by atoms with Crippen molar-refractivity contribution in [2.24, 2.45) is 5.73 Å². The molecule has 1 atom stereocenters. The topological polar surface area (TPSA) is 79.1 Å². The number of nitrogens with two attached hydrogens (primary N) is 1. The van der Waals surface area contributed by atoms with Gasteiger partial charge in [0.1, 0.15) is 17.5 Å². The van der Waals surface area contributed by atoms with Crippen LogP contribution in [-0.2, 0) is 6.42 Å². The van der Waals surface area contributed by atoms with E-state index in [0.717, 1.165) is 48.1 Å². The van der Waals surface area contributed by atoms with Crippen LogP contribution in [-0.4, -0.2) is 29.6 Å². The minimum absolute atomic E-state index is 0.252. The lowest BCUT2D eigenvalue weighted by Gasteiger charge is -2.39. The second-order valence-electron chi connectivity index (χ2n) is 6.33. The van der Waals surface area contributed by atoms with Crippen molar-refractivity contribution in [3.63, 3.8) is 0 Å². The van der Waals surface area contributed by atoms with E-state index >= 15 is 0 Å². The molecule has 3 heterocycles. The van der Waals surface area contributed by atoms with Crippen LogP contribution in [0.2, 0.25) is 0 Å². The average molecular weight is 350 g/mol. The molecule has 6 heteroatoms. The maximum atomic E-state index is 5.86. The van der Waals surface area contributed by atoms with E-state index in [9.17, 15) is 0 Å². The van der Waals surface area contributed by atoms with Gasteiger partial charge in [-0.15, -0.1) is 0 Å². The molecule has 4 N–H and O–H groups in total. The van der Waals surface area contributed by atoms with Crippen LogP contribution in [0.3, 0.4) is 0 Å². The van der Waals surface area contributed by atoms with Crippen LogP contribution < -0.4 is 21.3 Å². The normalized spacial score (nSPS) is 15.9. The molecule has 0 aliphatic carbocycles. The maximum absolute atomic E-state index is 5.86. The van der Waals surface area contributed by atoms with Crippen molar-refractivity contribution in [2.75, 3.05) is 23.8 Å². The number of fused-ring (bicyclic) bond motifs is 1. The molecule has 2 aromatic heterocycles. The number of rotatable bonds is 7. The zero-order valence-electron chi connectivity index (χ0n) is 15.2. The SMILES string of the molecule is C=C(NC)c1ccc2c(n1)N(C(=C)Nc1ccccn1)[C@@H](CCN)CC2. The van der Waals surface area contributed by atoms with E-state index < -0.39 is 0 Å². The molecule has 0 radical (unpaired) electrons. The molecule has 3 rings (SSSR count). The smallest absolute Gasteiger partial charge is 0.138 e. The zero-order valence-corrected chi connectivity index (χ0v) is 15.2. The number of hydrogen-bond donors (Lipinski definition) is 3. The highest BCUT2D eigenvalue weighted by molar-refractivity contribution is 5.65. The Bertz CT molecular complexity index is 786. The fourth-order valence-electron chi connectivity index (χ4n) is 3.26. The molecule has 0 bridgehead atoms. The summed E-state index contributed by atoms with van der Waals surface area (Å²) < 4.78 is 0. The maximum Gasteiger partial charge on any atom is 0.138 e. The molecule has 0 spiro atoms. The minimum Gasteiger partial charge on any atom is -0.387 e. The largest absolute Gasteiger partial charge is 0.387 e. The van der Waals surface area contributed by atoms with Gasteiger partial charge in [-0.25, -0.2) is 9.97 Å². The molecule has 0 fully saturated rings. The van der Waals surface area contributed by atoms with Gasteiger partial charge in [0.05, 0.1) is 11.4 Å². The summed E-state index contributed by atoms with van der Waals surface area (Å²) in [6, 6.07) is 10.1. The van der Waals surface area contributed by atoms with Crippen LogP contribution in [0.15, 0.2) is 55.5 Å². The van der Waals surface area contributed by atoms with Crippen LogP contribution >= 0.6 is 0 Å². The fraction of sp³-hybridized carbons (Fsp3) is 0.300. The Labute approximate surface area is 154 Å². The number of nitrogens with zero attached hydrogens (tertiary/aromatic N) is 3. The predicted octanol–water partition coefficient (Wildman–Crippen LogP) is 2.72. The number of hydrogen-bond acceptors (Lipinski definition) is 6. The summed E-state index contributed by atoms with van der Waals surface area (Å²) in [7, 11) is 1.85. The monoisotopic (exact) mass is 350 g/mol. The van der Waals surface area contributed by atoms with Crippen LogP contribution in [0.5, 0.6) is 0 Å². The van der Waals surface area contributed by atoms with E-state index in [-0.39, 0.29) is 6.04 Å². The molecule has 6 nitrogen and oxygen atoms in total. The molecule has 0 unspecified atom stereocenters. The Morgan fingerprint density at radius 3 is 2.85 bits per heavy atom. The first kappa shape index (κ1) is 17.9. The van der Waals surface area contributed by atoms with Crippen LogP contribution in [0, 0.1) is 0 Å². The van der Waals surface area contributed by atoms with E-state index in [1.807, 2.05) is 31.3 Å². The summed E-state index contributed by atoms with van der Waals surface area (Å²) in [5.41, 5.74) is 8.68. The Morgan fingerprint density at radius 2 is 2.15 bits per heavy atom. The van der Waals surface area contributed by atoms with Crippen molar-refractivity contribution in [1.29, 1.82) is 0 Å². The van der Waals surface area contributed by atoms with Gasteiger partial charge in [-0.3, -0.25) is 0 Å². The molecule has 2 aromatic rings. The first-order valence-corrected chi connectivity index (χ1v) is 8.87. The fourth-order valence-corrected chi connectivity index (χ4v) is 3.26. The molecule has 1 aliphatic heterocycles. The third-order valence-electron chi connectivity index (χ3n) is 4.64. The van der Waals surface area contributed by atoms with Gasteiger partial charge in [-0.1, -0.05) is 25.3 Å². The third kappa shape index (κ3) is 3.70. The average Bonchev–Trinajstić information content (AvgIpc) is 2.67. The van der Waals surface area contributed by atoms with E-state index in [0.29, 0.717) is 6.54 Å². The predicted molar refractivity (Wildman–Crippen MR) is 108 cm³/mol. The minimum atomic E-state index is 0.252. The van der Waals surface area contributed by atoms with Gasteiger partial charge in [0.15, 0.2) is 0 Å². The Balaban J connectivity index is 1.96. The molecule has 136 valence electrons. The van der Waals surface area contributed by atoms with Crippen molar-refractivity contribution in [3.05, 3.63) is 66.8 Å². The highest BCUT2D eigenvalue weighted by Gasteiger charge is 2.29. The highest BCUT2D eigenvalue weighted by Crippen LogP contribution is 2.34. The summed E-state index contributed by atoms with van der Waals surface area (Å²) in [5, 5.41) is 6.37. The lowest BCUT2D eigenvalue weighted by molar-refractivity contribution is 0.524. The summed E-state index contributed by atoms with van der Waals surface area (Å²) in [5.74, 6) is 2.42. The molecular formula is C20H26N6. The van der Waals surface area contributed by atoms with Crippen molar-refractivity contribution in [1.82, 2.24) is 15.3 Å². The van der Waals surface area contributed by atoms with E-state index in [1.54, 1.807) is 6.20 Å². The van der Waals surface area contributed by atoms with Gasteiger partial charge < -0.3 is 21.3 Å². The van der Waals surface area contributed by atoms with Crippen LogP contribution in [0.4, 0.5) is 11.6 Å². The van der Waals surface area contributed by atoms with Gasteiger partial charge >= 0.3 is 0 Å². The van der Waals surface area contributed by atoms with Crippen molar-refractivity contribution < 1.29 is 0 Å². The molecule has 0 saturated heterocycles. The summed E-state index contributed by atoms with van der Waals surface area (Å²) in [6.07, 6.45) is 4.62. The molecule has 0 aromatic carbocycles. The summed E-state index contributed by atoms with van der Waals surface area (Å²) >= 11 is 0. The van der Waals surface area contributed by atoms with Crippen molar-refractivity contribution in [3.8, 4) is 0 Å².